The third-order valence-corrected chi connectivity index (χ3v) is 4.84. The lowest BCUT2D eigenvalue weighted by Gasteiger charge is -2.23. The van der Waals surface area contributed by atoms with E-state index in [9.17, 15) is 0 Å². The van der Waals surface area contributed by atoms with Crippen LogP contribution in [0.25, 0.3) is 0 Å². The molecule has 0 aliphatic rings. The summed E-state index contributed by atoms with van der Waals surface area (Å²) in [5.41, 5.74) is 13.5. The van der Waals surface area contributed by atoms with Crippen LogP contribution in [-0.2, 0) is 18.3 Å². The Morgan fingerprint density at radius 2 is 1.71 bits per heavy atom. The Hall–Kier alpha value is -1.12. The average molecular weight is 301 g/mol. The molecule has 2 heteroatoms. The van der Waals surface area contributed by atoms with Crippen LogP contribution in [-0.4, -0.2) is 6.04 Å². The molecule has 1 aromatic carbocycles. The summed E-state index contributed by atoms with van der Waals surface area (Å²) >= 11 is 1.74. The first-order valence-corrected chi connectivity index (χ1v) is 8.59. The van der Waals surface area contributed by atoms with Crippen LogP contribution in [0.3, 0.4) is 0 Å². The van der Waals surface area contributed by atoms with Gasteiger partial charge >= 0.3 is 0 Å². The fourth-order valence-corrected chi connectivity index (χ4v) is 3.48. The molecule has 2 aromatic rings. The Morgan fingerprint density at radius 1 is 1.10 bits per heavy atom. The third-order valence-electron chi connectivity index (χ3n) is 4.11. The molecule has 1 nitrogen and oxygen atoms in total. The first kappa shape index (κ1) is 16.3. The van der Waals surface area contributed by atoms with Crippen molar-refractivity contribution in [3.8, 4) is 0 Å². The minimum atomic E-state index is 0.192. The van der Waals surface area contributed by atoms with Gasteiger partial charge in [-0.25, -0.2) is 0 Å². The van der Waals surface area contributed by atoms with Crippen molar-refractivity contribution in [2.45, 2.75) is 58.9 Å². The fourth-order valence-electron chi connectivity index (χ4n) is 2.79. The topological polar surface area (TPSA) is 26.0 Å². The van der Waals surface area contributed by atoms with Crippen LogP contribution in [0.4, 0.5) is 0 Å². The molecule has 0 fully saturated rings. The summed E-state index contributed by atoms with van der Waals surface area (Å²) in [6.07, 6.45) is 1.92. The highest BCUT2D eigenvalue weighted by Crippen LogP contribution is 2.27. The van der Waals surface area contributed by atoms with E-state index >= 15 is 0 Å². The van der Waals surface area contributed by atoms with Gasteiger partial charge in [-0.15, -0.1) is 0 Å². The van der Waals surface area contributed by atoms with Crippen LogP contribution >= 0.6 is 11.3 Å². The zero-order valence-electron chi connectivity index (χ0n) is 13.9. The molecule has 0 saturated heterocycles. The smallest absolute Gasteiger partial charge is 0.0120 e. The molecule has 2 rings (SSSR count). The number of nitrogens with two attached hydrogens (primary N) is 1. The summed E-state index contributed by atoms with van der Waals surface area (Å²) in [5.74, 6) is 0. The van der Waals surface area contributed by atoms with Gasteiger partial charge in [-0.1, -0.05) is 32.9 Å². The van der Waals surface area contributed by atoms with Gasteiger partial charge in [-0.05, 0) is 76.7 Å². The van der Waals surface area contributed by atoms with Crippen LogP contribution in [0, 0.1) is 13.8 Å². The van der Waals surface area contributed by atoms with Crippen molar-refractivity contribution in [3.63, 3.8) is 0 Å². The predicted octanol–water partition coefficient (Wildman–Crippen LogP) is 4.77. The molecule has 0 saturated carbocycles. The second-order valence-corrected chi connectivity index (χ2v) is 7.92. The number of rotatable bonds is 4. The van der Waals surface area contributed by atoms with Crippen LogP contribution in [0.15, 0.2) is 29.0 Å². The average Bonchev–Trinajstić information content (AvgIpc) is 2.85. The first-order valence-electron chi connectivity index (χ1n) is 7.64. The molecule has 0 aliphatic carbocycles. The van der Waals surface area contributed by atoms with E-state index in [4.69, 9.17) is 5.73 Å². The van der Waals surface area contributed by atoms with Gasteiger partial charge in [0.1, 0.15) is 0 Å². The monoisotopic (exact) mass is 301 g/mol. The SMILES string of the molecule is Cc1cc(C(C)(C)C)cc(C)c1CC(N)Cc1ccsc1. The molecule has 0 aliphatic heterocycles. The van der Waals surface area contributed by atoms with Gasteiger partial charge in [0.25, 0.3) is 0 Å². The molecule has 1 atom stereocenters. The van der Waals surface area contributed by atoms with Gasteiger partial charge in [0.2, 0.25) is 0 Å². The van der Waals surface area contributed by atoms with Crippen LogP contribution < -0.4 is 5.73 Å². The molecule has 0 amide bonds. The molecular weight excluding hydrogens is 274 g/mol. The lowest BCUT2D eigenvalue weighted by molar-refractivity contribution is 0.587. The zero-order valence-corrected chi connectivity index (χ0v) is 14.7. The maximum Gasteiger partial charge on any atom is 0.0120 e. The van der Waals surface area contributed by atoms with Crippen LogP contribution in [0.2, 0.25) is 0 Å². The molecule has 21 heavy (non-hydrogen) atoms. The Labute approximate surface area is 133 Å². The second-order valence-electron chi connectivity index (χ2n) is 7.14. The van der Waals surface area contributed by atoms with Crippen molar-refractivity contribution in [1.82, 2.24) is 0 Å². The summed E-state index contributed by atoms with van der Waals surface area (Å²) in [4.78, 5) is 0. The number of benzene rings is 1. The van der Waals surface area contributed by atoms with E-state index in [1.54, 1.807) is 11.3 Å². The number of hydrogen-bond acceptors (Lipinski definition) is 2. The van der Waals surface area contributed by atoms with Crippen LogP contribution in [0.5, 0.6) is 0 Å². The number of thiophene rings is 1. The molecule has 114 valence electrons. The van der Waals surface area contributed by atoms with E-state index in [-0.39, 0.29) is 11.5 Å². The molecule has 0 bridgehead atoms. The summed E-state index contributed by atoms with van der Waals surface area (Å²) in [6, 6.07) is 7.03. The quantitative estimate of drug-likeness (QED) is 0.864. The normalized spacial score (nSPS) is 13.4. The Morgan fingerprint density at radius 3 is 2.19 bits per heavy atom. The number of aryl methyl sites for hydroxylation is 2. The van der Waals surface area contributed by atoms with Crippen molar-refractivity contribution in [2.75, 3.05) is 0 Å². The van der Waals surface area contributed by atoms with Crippen molar-refractivity contribution in [3.05, 3.63) is 56.8 Å². The highest BCUT2D eigenvalue weighted by atomic mass is 32.1. The predicted molar refractivity (Wildman–Crippen MR) is 94.3 cm³/mol. The lowest BCUT2D eigenvalue weighted by Crippen LogP contribution is -2.26. The van der Waals surface area contributed by atoms with Gasteiger partial charge in [0.05, 0.1) is 0 Å². The maximum atomic E-state index is 6.36. The van der Waals surface area contributed by atoms with Crippen molar-refractivity contribution >= 4 is 11.3 Å². The molecule has 0 radical (unpaired) electrons. The van der Waals surface area contributed by atoms with Gasteiger partial charge in [0.15, 0.2) is 0 Å². The minimum absolute atomic E-state index is 0.192. The third kappa shape index (κ3) is 4.18. The van der Waals surface area contributed by atoms with Crippen molar-refractivity contribution < 1.29 is 0 Å². The summed E-state index contributed by atoms with van der Waals surface area (Å²) < 4.78 is 0. The van der Waals surface area contributed by atoms with Crippen molar-refractivity contribution in [2.24, 2.45) is 5.73 Å². The van der Waals surface area contributed by atoms with E-state index in [0.29, 0.717) is 0 Å². The van der Waals surface area contributed by atoms with E-state index < -0.39 is 0 Å². The van der Waals surface area contributed by atoms with Gasteiger partial charge in [-0.3, -0.25) is 0 Å². The molecule has 1 heterocycles. The highest BCUT2D eigenvalue weighted by Gasteiger charge is 2.17. The Bertz CT molecular complexity index is 568. The number of hydrogen-bond donors (Lipinski definition) is 1. The zero-order chi connectivity index (χ0) is 15.6. The summed E-state index contributed by atoms with van der Waals surface area (Å²) in [5, 5.41) is 4.32. The van der Waals surface area contributed by atoms with E-state index in [0.717, 1.165) is 12.8 Å². The standard InChI is InChI=1S/C19H27NS/c1-13-8-16(19(3,4)5)9-14(2)18(13)11-17(20)10-15-6-7-21-12-15/h6-9,12,17H,10-11,20H2,1-5H3. The Kier molecular flexibility index (Phi) is 4.90. The second kappa shape index (κ2) is 6.33. The molecule has 1 unspecified atom stereocenters. The van der Waals surface area contributed by atoms with E-state index in [1.165, 1.54) is 27.8 Å². The van der Waals surface area contributed by atoms with E-state index in [2.05, 4.69) is 63.6 Å². The minimum Gasteiger partial charge on any atom is -0.327 e. The maximum absolute atomic E-state index is 6.36. The molecular formula is C19H27NS. The molecule has 0 spiro atoms. The van der Waals surface area contributed by atoms with Gasteiger partial charge < -0.3 is 5.73 Å². The van der Waals surface area contributed by atoms with Gasteiger partial charge in [0, 0.05) is 6.04 Å². The fraction of sp³-hybridized carbons (Fsp3) is 0.474. The molecule has 1 aromatic heterocycles. The van der Waals surface area contributed by atoms with E-state index in [1.807, 2.05) is 0 Å². The highest BCUT2D eigenvalue weighted by molar-refractivity contribution is 7.07. The van der Waals surface area contributed by atoms with Crippen LogP contribution in [0.1, 0.15) is 48.6 Å². The summed E-state index contributed by atoms with van der Waals surface area (Å²) in [7, 11) is 0. The Balaban J connectivity index is 2.17. The van der Waals surface area contributed by atoms with Gasteiger partial charge in [-0.2, -0.15) is 11.3 Å². The first-order chi connectivity index (χ1) is 9.77. The summed E-state index contributed by atoms with van der Waals surface area (Å²) in [6.45, 7) is 11.2. The lowest BCUT2D eigenvalue weighted by atomic mass is 9.82. The molecule has 2 N–H and O–H groups in total. The van der Waals surface area contributed by atoms with Crippen molar-refractivity contribution in [1.29, 1.82) is 0 Å². The largest absolute Gasteiger partial charge is 0.327 e.